The smallest absolute Gasteiger partial charge is 0.0723 e. The molecule has 4 heteroatoms. The van der Waals surface area contributed by atoms with E-state index in [0.717, 1.165) is 24.3 Å². The fourth-order valence-corrected chi connectivity index (χ4v) is 2.56. The third-order valence-corrected chi connectivity index (χ3v) is 4.56. The van der Waals surface area contributed by atoms with Crippen LogP contribution >= 0.6 is 23.4 Å². The third kappa shape index (κ3) is 4.02. The highest BCUT2D eigenvalue weighted by molar-refractivity contribution is 7.99. The molecule has 0 saturated carbocycles. The summed E-state index contributed by atoms with van der Waals surface area (Å²) < 4.78 is 2.10. The molecule has 0 aromatic carbocycles. The molecule has 0 aliphatic heterocycles. The lowest BCUT2D eigenvalue weighted by Gasteiger charge is -2.12. The van der Waals surface area contributed by atoms with Gasteiger partial charge in [0.25, 0.3) is 0 Å². The summed E-state index contributed by atoms with van der Waals surface area (Å²) in [6.07, 6.45) is 4.38. The molecule has 1 atom stereocenters. The van der Waals surface area contributed by atoms with Crippen LogP contribution < -0.4 is 0 Å². The largest absolute Gasteiger partial charge is 0.269 e. The molecule has 92 valence electrons. The van der Waals surface area contributed by atoms with Gasteiger partial charge in [0.1, 0.15) is 0 Å². The van der Waals surface area contributed by atoms with Crippen molar-refractivity contribution >= 4 is 23.4 Å². The summed E-state index contributed by atoms with van der Waals surface area (Å²) in [5, 5.41) is 5.11. The number of thioether (sulfide) groups is 1. The van der Waals surface area contributed by atoms with Crippen molar-refractivity contribution in [2.24, 2.45) is 0 Å². The molecule has 0 fully saturated rings. The van der Waals surface area contributed by atoms with E-state index in [-0.39, 0.29) is 0 Å². The van der Waals surface area contributed by atoms with Crippen LogP contribution in [0.15, 0.2) is 12.3 Å². The lowest BCUT2D eigenvalue weighted by molar-refractivity contribution is 0.426. The molecule has 1 aromatic rings. The van der Waals surface area contributed by atoms with Crippen molar-refractivity contribution in [3.63, 3.8) is 0 Å². The van der Waals surface area contributed by atoms with Crippen LogP contribution in [0.1, 0.15) is 45.3 Å². The predicted molar refractivity (Wildman–Crippen MR) is 73.3 cm³/mol. The Bertz CT molecular complexity index is 297. The highest BCUT2D eigenvalue weighted by Gasteiger charge is 2.08. The molecule has 0 spiro atoms. The zero-order valence-corrected chi connectivity index (χ0v) is 11.9. The second kappa shape index (κ2) is 7.23. The number of nitrogens with zero attached hydrogens (tertiary/aromatic N) is 2. The van der Waals surface area contributed by atoms with E-state index in [9.17, 15) is 0 Å². The maximum Gasteiger partial charge on any atom is 0.0723 e. The van der Waals surface area contributed by atoms with E-state index in [1.807, 2.05) is 11.8 Å². The molecular formula is C12H21ClN2S. The summed E-state index contributed by atoms with van der Waals surface area (Å²) in [6.45, 7) is 6.56. The second-order valence-electron chi connectivity index (χ2n) is 4.03. The maximum absolute atomic E-state index is 5.77. The average molecular weight is 261 g/mol. The summed E-state index contributed by atoms with van der Waals surface area (Å²) in [7, 11) is 0. The summed E-state index contributed by atoms with van der Waals surface area (Å²) in [5.41, 5.74) is 1.16. The molecule has 1 heterocycles. The lowest BCUT2D eigenvalue weighted by Crippen LogP contribution is -2.08. The van der Waals surface area contributed by atoms with Crippen LogP contribution in [0.3, 0.4) is 0 Å². The highest BCUT2D eigenvalue weighted by Crippen LogP contribution is 2.19. The van der Waals surface area contributed by atoms with Crippen LogP contribution in [0, 0.1) is 0 Å². The van der Waals surface area contributed by atoms with Crippen LogP contribution in [0.2, 0.25) is 0 Å². The van der Waals surface area contributed by atoms with Crippen molar-refractivity contribution in [2.75, 3.05) is 5.88 Å². The first-order valence-corrected chi connectivity index (χ1v) is 7.51. The Labute approximate surface area is 108 Å². The van der Waals surface area contributed by atoms with Gasteiger partial charge in [0.05, 0.1) is 11.7 Å². The van der Waals surface area contributed by atoms with Crippen molar-refractivity contribution in [3.8, 4) is 0 Å². The molecule has 1 rings (SSSR count). The van der Waals surface area contributed by atoms with Gasteiger partial charge in [0.2, 0.25) is 0 Å². The van der Waals surface area contributed by atoms with E-state index < -0.39 is 0 Å². The van der Waals surface area contributed by atoms with E-state index in [4.69, 9.17) is 11.6 Å². The quantitative estimate of drug-likeness (QED) is 0.687. The summed E-state index contributed by atoms with van der Waals surface area (Å²) in [5.74, 6) is 1.67. The molecular weight excluding hydrogens is 240 g/mol. The van der Waals surface area contributed by atoms with Crippen LogP contribution in [0.4, 0.5) is 0 Å². The Balaban J connectivity index is 2.51. The zero-order valence-electron chi connectivity index (χ0n) is 10.3. The fourth-order valence-electron chi connectivity index (χ4n) is 1.59. The minimum Gasteiger partial charge on any atom is -0.269 e. The van der Waals surface area contributed by atoms with Gasteiger partial charge in [0.15, 0.2) is 0 Å². The first kappa shape index (κ1) is 13.9. The summed E-state index contributed by atoms with van der Waals surface area (Å²) in [6, 6.07) is 2.66. The maximum atomic E-state index is 5.77. The summed E-state index contributed by atoms with van der Waals surface area (Å²) >= 11 is 7.63. The lowest BCUT2D eigenvalue weighted by atomic mass is 10.2. The van der Waals surface area contributed by atoms with Crippen molar-refractivity contribution < 1.29 is 0 Å². The third-order valence-electron chi connectivity index (χ3n) is 2.71. The topological polar surface area (TPSA) is 17.8 Å². The van der Waals surface area contributed by atoms with Gasteiger partial charge in [-0.05, 0) is 18.9 Å². The molecule has 0 bridgehead atoms. The molecule has 0 N–H and O–H groups in total. The highest BCUT2D eigenvalue weighted by atomic mass is 35.5. The molecule has 0 amide bonds. The van der Waals surface area contributed by atoms with Gasteiger partial charge >= 0.3 is 0 Å². The zero-order chi connectivity index (χ0) is 12.0. The number of aromatic nitrogens is 2. The molecule has 0 saturated heterocycles. The van der Waals surface area contributed by atoms with Crippen LogP contribution in [0.25, 0.3) is 0 Å². The van der Waals surface area contributed by atoms with Crippen LogP contribution in [-0.4, -0.2) is 20.9 Å². The number of hydrogen-bond acceptors (Lipinski definition) is 2. The van der Waals surface area contributed by atoms with E-state index in [1.54, 1.807) is 0 Å². The second-order valence-corrected chi connectivity index (χ2v) is 5.77. The van der Waals surface area contributed by atoms with Crippen LogP contribution in [0.5, 0.6) is 0 Å². The number of alkyl halides is 1. The minimum atomic E-state index is 0.500. The first-order valence-electron chi connectivity index (χ1n) is 5.92. The van der Waals surface area contributed by atoms with E-state index in [2.05, 4.69) is 42.8 Å². The SMILES string of the molecule is CCC(CC)n1ccc(CSC(C)CCl)n1. The number of hydrogen-bond donors (Lipinski definition) is 0. The predicted octanol–water partition coefficient (Wildman–Crippen LogP) is 4.10. The molecule has 0 radical (unpaired) electrons. The van der Waals surface area contributed by atoms with Crippen molar-refractivity contribution in [2.45, 2.75) is 50.7 Å². The Hall–Kier alpha value is -0.150. The van der Waals surface area contributed by atoms with Gasteiger partial charge in [-0.15, -0.1) is 11.6 Å². The standard InChI is InChI=1S/C12H21ClN2S/c1-4-12(5-2)15-7-6-11(14-15)9-16-10(3)8-13/h6-7,10,12H,4-5,8-9H2,1-3H3. The van der Waals surface area contributed by atoms with Crippen molar-refractivity contribution in [1.29, 1.82) is 0 Å². The Kier molecular flexibility index (Phi) is 6.29. The van der Waals surface area contributed by atoms with Gasteiger partial charge < -0.3 is 0 Å². The molecule has 1 unspecified atom stereocenters. The number of rotatable bonds is 7. The molecule has 0 aliphatic rings. The minimum absolute atomic E-state index is 0.500. The Morgan fingerprint density at radius 2 is 2.12 bits per heavy atom. The van der Waals surface area contributed by atoms with Gasteiger partial charge in [0, 0.05) is 23.1 Å². The molecule has 1 aromatic heterocycles. The van der Waals surface area contributed by atoms with E-state index >= 15 is 0 Å². The van der Waals surface area contributed by atoms with Gasteiger partial charge in [-0.1, -0.05) is 20.8 Å². The first-order chi connectivity index (χ1) is 7.71. The molecule has 16 heavy (non-hydrogen) atoms. The van der Waals surface area contributed by atoms with Gasteiger partial charge in [-0.25, -0.2) is 0 Å². The number of halogens is 1. The molecule has 2 nitrogen and oxygen atoms in total. The van der Waals surface area contributed by atoms with Gasteiger partial charge in [-0.3, -0.25) is 4.68 Å². The monoisotopic (exact) mass is 260 g/mol. The average Bonchev–Trinajstić information content (AvgIpc) is 2.76. The Morgan fingerprint density at radius 1 is 1.44 bits per heavy atom. The van der Waals surface area contributed by atoms with E-state index in [1.165, 1.54) is 0 Å². The Morgan fingerprint density at radius 3 is 2.69 bits per heavy atom. The van der Waals surface area contributed by atoms with Crippen molar-refractivity contribution in [1.82, 2.24) is 9.78 Å². The normalized spacial score (nSPS) is 13.3. The van der Waals surface area contributed by atoms with E-state index in [0.29, 0.717) is 17.2 Å². The van der Waals surface area contributed by atoms with Crippen LogP contribution in [-0.2, 0) is 5.75 Å². The fraction of sp³-hybridized carbons (Fsp3) is 0.750. The summed E-state index contributed by atoms with van der Waals surface area (Å²) in [4.78, 5) is 0. The van der Waals surface area contributed by atoms with Crippen molar-refractivity contribution in [3.05, 3.63) is 18.0 Å². The molecule has 0 aliphatic carbocycles. The van der Waals surface area contributed by atoms with Gasteiger partial charge in [-0.2, -0.15) is 16.9 Å².